The Kier molecular flexibility index (Phi) is 6.90. The molecule has 0 aliphatic heterocycles. The second-order valence-corrected chi connectivity index (χ2v) is 7.51. The molecule has 2 atom stereocenters. The molecule has 1 heterocycles. The zero-order valence-corrected chi connectivity index (χ0v) is 16.7. The monoisotopic (exact) mass is 391 g/mol. The van der Waals surface area contributed by atoms with E-state index >= 15 is 0 Å². The lowest BCUT2D eigenvalue weighted by Gasteiger charge is -2.20. The number of amides is 2. The molecule has 0 fully saturated rings. The Morgan fingerprint density at radius 2 is 1.93 bits per heavy atom. The number of aliphatic carboxylic acids is 1. The summed E-state index contributed by atoms with van der Waals surface area (Å²) in [5.41, 5.74) is 2.47. The molecule has 0 aliphatic rings. The summed E-state index contributed by atoms with van der Waals surface area (Å²) in [7, 11) is 1.80. The van der Waals surface area contributed by atoms with Gasteiger partial charge in [0.2, 0.25) is 5.91 Å². The molecule has 0 saturated carbocycles. The van der Waals surface area contributed by atoms with Gasteiger partial charge in [0.05, 0.1) is 0 Å². The van der Waals surface area contributed by atoms with E-state index in [0.717, 1.165) is 16.5 Å². The molecule has 0 aliphatic carbocycles. The normalized spacial score (nSPS) is 13.2. The fourth-order valence-corrected chi connectivity index (χ4v) is 3.27. The number of carboxylic acids is 1. The van der Waals surface area contributed by atoms with Gasteiger partial charge in [-0.05, 0) is 50.5 Å². The van der Waals surface area contributed by atoms with Gasteiger partial charge in [-0.25, -0.2) is 0 Å². The van der Waals surface area contributed by atoms with Crippen LogP contribution in [0, 0.1) is 6.92 Å². The Balaban J connectivity index is 2.21. The molecule has 1 aromatic carbocycles. The van der Waals surface area contributed by atoms with E-state index < -0.39 is 24.0 Å². The zero-order valence-electron chi connectivity index (χ0n) is 15.9. The van der Waals surface area contributed by atoms with Gasteiger partial charge in [-0.3, -0.25) is 14.4 Å². The molecule has 8 heteroatoms. The molecule has 2 amide bonds. The fourth-order valence-electron chi connectivity index (χ4n) is 2.80. The van der Waals surface area contributed by atoms with Crippen LogP contribution < -0.4 is 10.6 Å². The van der Waals surface area contributed by atoms with E-state index in [1.54, 1.807) is 29.4 Å². The number of aromatic nitrogens is 1. The maximum absolute atomic E-state index is 12.8. The average molecular weight is 391 g/mol. The summed E-state index contributed by atoms with van der Waals surface area (Å²) in [5, 5.41) is 15.1. The first-order valence-corrected chi connectivity index (χ1v) is 10.0. The minimum Gasteiger partial charge on any atom is -0.480 e. The first-order chi connectivity index (χ1) is 12.7. The first-order valence-electron chi connectivity index (χ1n) is 8.63. The van der Waals surface area contributed by atoms with Crippen LogP contribution in [0.15, 0.2) is 24.3 Å². The molecule has 2 rings (SSSR count). The summed E-state index contributed by atoms with van der Waals surface area (Å²) in [5.74, 6) is -1.33. The summed E-state index contributed by atoms with van der Waals surface area (Å²) < 4.78 is 1.79. The highest BCUT2D eigenvalue weighted by molar-refractivity contribution is 7.98. The highest BCUT2D eigenvalue weighted by Gasteiger charge is 2.25. The number of thioether (sulfide) groups is 1. The lowest BCUT2D eigenvalue weighted by Crippen LogP contribution is -2.51. The van der Waals surface area contributed by atoms with Gasteiger partial charge < -0.3 is 20.3 Å². The lowest BCUT2D eigenvalue weighted by atomic mass is 10.1. The van der Waals surface area contributed by atoms with E-state index in [2.05, 4.69) is 10.6 Å². The predicted octanol–water partition coefficient (Wildman–Crippen LogP) is 1.93. The Morgan fingerprint density at radius 3 is 2.56 bits per heavy atom. The predicted molar refractivity (Wildman–Crippen MR) is 107 cm³/mol. The summed E-state index contributed by atoms with van der Waals surface area (Å²) in [4.78, 5) is 36.2. The minimum absolute atomic E-state index is 0.365. The summed E-state index contributed by atoms with van der Waals surface area (Å²) in [6, 6.07) is 5.90. The van der Waals surface area contributed by atoms with Gasteiger partial charge in [-0.2, -0.15) is 11.8 Å². The van der Waals surface area contributed by atoms with Gasteiger partial charge in [-0.1, -0.05) is 11.6 Å². The Morgan fingerprint density at radius 1 is 1.22 bits per heavy atom. The number of nitrogens with one attached hydrogen (secondary N) is 2. The molecular formula is C19H25N3O4S. The number of carbonyl (C=O) groups excluding carboxylic acids is 2. The molecule has 3 N–H and O–H groups in total. The van der Waals surface area contributed by atoms with Gasteiger partial charge in [0, 0.05) is 18.0 Å². The summed E-state index contributed by atoms with van der Waals surface area (Å²) in [6.07, 6.45) is 2.32. The minimum atomic E-state index is -1.12. The van der Waals surface area contributed by atoms with Gasteiger partial charge in [0.15, 0.2) is 0 Å². The molecule has 7 nitrogen and oxygen atoms in total. The smallest absolute Gasteiger partial charge is 0.325 e. The largest absolute Gasteiger partial charge is 0.480 e. The van der Waals surface area contributed by atoms with Crippen LogP contribution in [-0.2, 0) is 16.6 Å². The molecule has 0 spiro atoms. The molecule has 0 saturated heterocycles. The molecule has 1 aromatic heterocycles. The number of carboxylic acid groups (broad SMARTS) is 1. The van der Waals surface area contributed by atoms with Gasteiger partial charge in [0.1, 0.15) is 17.8 Å². The summed E-state index contributed by atoms with van der Waals surface area (Å²) >= 11 is 1.55. The van der Waals surface area contributed by atoms with Crippen LogP contribution >= 0.6 is 11.8 Å². The van der Waals surface area contributed by atoms with E-state index in [9.17, 15) is 14.4 Å². The van der Waals surface area contributed by atoms with E-state index in [4.69, 9.17) is 5.11 Å². The molecule has 27 heavy (non-hydrogen) atoms. The molecule has 2 aromatic rings. The molecule has 0 radical (unpaired) electrons. The maximum atomic E-state index is 12.8. The van der Waals surface area contributed by atoms with Crippen molar-refractivity contribution in [2.45, 2.75) is 32.4 Å². The van der Waals surface area contributed by atoms with Crippen molar-refractivity contribution in [3.63, 3.8) is 0 Å². The van der Waals surface area contributed by atoms with Gasteiger partial charge in [0.25, 0.3) is 5.91 Å². The van der Waals surface area contributed by atoms with Crippen LogP contribution in [0.2, 0.25) is 0 Å². The Labute approximate surface area is 162 Å². The number of hydrogen-bond donors (Lipinski definition) is 3. The quantitative estimate of drug-likeness (QED) is 0.638. The SMILES string of the molecule is CSCCC(NC(=O)c1cc2cc(C)ccc2n1C)C(=O)NC(C)C(=O)O. The highest BCUT2D eigenvalue weighted by Crippen LogP contribution is 2.20. The van der Waals surface area contributed by atoms with Crippen LogP contribution in [0.4, 0.5) is 0 Å². The van der Waals surface area contributed by atoms with Crippen molar-refractivity contribution in [2.24, 2.45) is 7.05 Å². The standard InChI is InChI=1S/C19H25N3O4S/c1-11-5-6-15-13(9-11)10-16(22(15)3)18(24)21-14(7-8-27-4)17(23)20-12(2)19(25)26/h5-6,9-10,12,14H,7-8H2,1-4H3,(H,20,23)(H,21,24)(H,25,26). The van der Waals surface area contributed by atoms with Crippen LogP contribution in [0.1, 0.15) is 29.4 Å². The van der Waals surface area contributed by atoms with Crippen molar-refractivity contribution in [3.8, 4) is 0 Å². The van der Waals surface area contributed by atoms with Gasteiger partial charge in [-0.15, -0.1) is 0 Å². The third-order valence-corrected chi connectivity index (χ3v) is 5.04. The molecule has 146 valence electrons. The van der Waals surface area contributed by atoms with E-state index in [1.165, 1.54) is 6.92 Å². The maximum Gasteiger partial charge on any atom is 0.325 e. The molecular weight excluding hydrogens is 366 g/mol. The first kappa shape index (κ1) is 20.8. The van der Waals surface area contributed by atoms with Crippen molar-refractivity contribution < 1.29 is 19.5 Å². The lowest BCUT2D eigenvalue weighted by molar-refractivity contribution is -0.141. The zero-order chi connectivity index (χ0) is 20.1. The number of aryl methyl sites for hydroxylation is 2. The van der Waals surface area contributed by atoms with Crippen molar-refractivity contribution in [3.05, 3.63) is 35.5 Å². The Hall–Kier alpha value is -2.48. The highest BCUT2D eigenvalue weighted by atomic mass is 32.2. The number of fused-ring (bicyclic) bond motifs is 1. The van der Waals surface area contributed by atoms with E-state index in [1.807, 2.05) is 31.4 Å². The molecule has 2 unspecified atom stereocenters. The second kappa shape index (κ2) is 8.94. The third-order valence-electron chi connectivity index (χ3n) is 4.39. The van der Waals surface area contributed by atoms with Crippen molar-refractivity contribution in [1.82, 2.24) is 15.2 Å². The number of benzene rings is 1. The van der Waals surface area contributed by atoms with E-state index in [-0.39, 0.29) is 5.91 Å². The fraction of sp³-hybridized carbons (Fsp3) is 0.421. The van der Waals surface area contributed by atoms with Crippen molar-refractivity contribution >= 4 is 40.4 Å². The number of nitrogens with zero attached hydrogens (tertiary/aromatic N) is 1. The number of carbonyl (C=O) groups is 3. The van der Waals surface area contributed by atoms with Crippen molar-refractivity contribution in [2.75, 3.05) is 12.0 Å². The summed E-state index contributed by atoms with van der Waals surface area (Å²) in [6.45, 7) is 3.37. The number of rotatable bonds is 8. The van der Waals surface area contributed by atoms with Crippen LogP contribution in [-0.4, -0.2) is 51.5 Å². The van der Waals surface area contributed by atoms with Crippen LogP contribution in [0.3, 0.4) is 0 Å². The van der Waals surface area contributed by atoms with E-state index in [0.29, 0.717) is 17.9 Å². The average Bonchev–Trinajstić information content (AvgIpc) is 2.94. The van der Waals surface area contributed by atoms with Crippen LogP contribution in [0.5, 0.6) is 0 Å². The molecule has 0 bridgehead atoms. The Bertz CT molecular complexity index is 862. The number of hydrogen-bond acceptors (Lipinski definition) is 4. The topological polar surface area (TPSA) is 100 Å². The van der Waals surface area contributed by atoms with Crippen LogP contribution in [0.25, 0.3) is 10.9 Å². The third kappa shape index (κ3) is 5.03. The van der Waals surface area contributed by atoms with Crippen molar-refractivity contribution in [1.29, 1.82) is 0 Å². The second-order valence-electron chi connectivity index (χ2n) is 6.53. The van der Waals surface area contributed by atoms with Gasteiger partial charge >= 0.3 is 5.97 Å².